The molecule has 0 spiro atoms. The van der Waals surface area contributed by atoms with Gasteiger partial charge in [-0.1, -0.05) is 97.1 Å². The van der Waals surface area contributed by atoms with E-state index in [1.807, 2.05) is 0 Å². The van der Waals surface area contributed by atoms with E-state index >= 15 is 0 Å². The fraction of sp³-hybridized carbons (Fsp3) is 0.0500. The Bertz CT molecular complexity index is 2510. The van der Waals surface area contributed by atoms with Crippen LogP contribution in [-0.4, -0.2) is 4.40 Å². The van der Waals surface area contributed by atoms with Gasteiger partial charge in [-0.15, -0.1) is 0 Å². The molecule has 10 rings (SSSR count). The maximum absolute atomic E-state index is 2.51. The number of hydrogen-bond donors (Lipinski definition) is 0. The fourth-order valence-electron chi connectivity index (χ4n) is 7.73. The maximum Gasteiger partial charge on any atom is 0.0547 e. The predicted octanol–water partition coefficient (Wildman–Crippen LogP) is 10.8. The van der Waals surface area contributed by atoms with Gasteiger partial charge in [0.25, 0.3) is 0 Å². The Morgan fingerprint density at radius 2 is 1.26 bits per heavy atom. The van der Waals surface area contributed by atoms with Gasteiger partial charge in [0.05, 0.1) is 22.2 Å². The van der Waals surface area contributed by atoms with Crippen LogP contribution in [0.1, 0.15) is 17.9 Å². The average Bonchev–Trinajstić information content (AvgIpc) is 3.59. The number of aromatic nitrogens is 1. The summed E-state index contributed by atoms with van der Waals surface area (Å²) in [6, 6.07) is 45.1. The zero-order valence-corrected chi connectivity index (χ0v) is 23.0. The number of rotatable bonds is 1. The smallest absolute Gasteiger partial charge is 0.0547 e. The lowest BCUT2D eigenvalue weighted by atomic mass is 9.91. The van der Waals surface area contributed by atoms with Crippen LogP contribution in [0.25, 0.3) is 59.6 Å². The topological polar surface area (TPSA) is 7.65 Å². The Hall–Kier alpha value is -5.34. The minimum Gasteiger partial charge on any atom is -0.313 e. The number of allylic oxidation sites excluding steroid dienone is 4. The molecular formula is C40H26N2. The Labute approximate surface area is 243 Å². The molecule has 8 aromatic rings. The highest BCUT2D eigenvalue weighted by molar-refractivity contribution is 6.16. The Balaban J connectivity index is 1.26. The highest BCUT2D eigenvalue weighted by Gasteiger charge is 2.35. The van der Waals surface area contributed by atoms with Gasteiger partial charge in [-0.2, -0.15) is 0 Å². The monoisotopic (exact) mass is 534 g/mol. The number of fused-ring (bicyclic) bond motifs is 14. The first-order chi connectivity index (χ1) is 20.8. The summed E-state index contributed by atoms with van der Waals surface area (Å²) in [5, 5.41) is 10.4. The van der Waals surface area contributed by atoms with Crippen molar-refractivity contribution in [3.8, 4) is 0 Å². The number of anilines is 2. The molecule has 2 heteroatoms. The van der Waals surface area contributed by atoms with Crippen LogP contribution in [-0.2, 0) is 0 Å². The van der Waals surface area contributed by atoms with E-state index < -0.39 is 0 Å². The van der Waals surface area contributed by atoms with Gasteiger partial charge < -0.3 is 9.30 Å². The largest absolute Gasteiger partial charge is 0.313 e. The molecule has 1 aliphatic heterocycles. The summed E-state index contributed by atoms with van der Waals surface area (Å²) in [5.74, 6) is 0.346. The van der Waals surface area contributed by atoms with Crippen LogP contribution in [0.4, 0.5) is 11.4 Å². The van der Waals surface area contributed by atoms with Crippen LogP contribution < -0.4 is 4.90 Å². The Morgan fingerprint density at radius 1 is 0.524 bits per heavy atom. The molecule has 42 heavy (non-hydrogen) atoms. The summed E-state index contributed by atoms with van der Waals surface area (Å²) in [6.45, 7) is 0. The molecule has 0 N–H and O–H groups in total. The molecule has 1 unspecified atom stereocenters. The van der Waals surface area contributed by atoms with Crippen LogP contribution in [0.15, 0.2) is 145 Å². The van der Waals surface area contributed by atoms with Crippen molar-refractivity contribution in [2.45, 2.75) is 12.3 Å². The minimum atomic E-state index is 0.346. The van der Waals surface area contributed by atoms with Crippen molar-refractivity contribution in [1.29, 1.82) is 0 Å². The summed E-state index contributed by atoms with van der Waals surface area (Å²) >= 11 is 0. The van der Waals surface area contributed by atoms with Crippen LogP contribution >= 0.6 is 0 Å². The normalized spacial score (nSPS) is 16.2. The molecule has 0 saturated carbocycles. The molecule has 2 nitrogen and oxygen atoms in total. The summed E-state index contributed by atoms with van der Waals surface area (Å²) < 4.78 is 2.49. The van der Waals surface area contributed by atoms with Crippen molar-refractivity contribution in [2.75, 3.05) is 4.90 Å². The molecule has 0 fully saturated rings. The van der Waals surface area contributed by atoms with Crippen molar-refractivity contribution in [3.05, 3.63) is 151 Å². The van der Waals surface area contributed by atoms with Crippen molar-refractivity contribution >= 4 is 71.0 Å². The van der Waals surface area contributed by atoms with E-state index in [1.165, 1.54) is 82.3 Å². The Kier molecular flexibility index (Phi) is 4.32. The van der Waals surface area contributed by atoms with Crippen molar-refractivity contribution in [1.82, 2.24) is 4.40 Å². The van der Waals surface area contributed by atoms with E-state index in [1.54, 1.807) is 0 Å². The zero-order valence-electron chi connectivity index (χ0n) is 23.0. The molecule has 0 amide bonds. The maximum atomic E-state index is 2.51. The van der Waals surface area contributed by atoms with E-state index in [-0.39, 0.29) is 0 Å². The van der Waals surface area contributed by atoms with Crippen molar-refractivity contribution < 1.29 is 0 Å². The summed E-state index contributed by atoms with van der Waals surface area (Å²) in [6.07, 6.45) is 7.88. The molecule has 1 atom stereocenters. The molecule has 196 valence electrons. The summed E-state index contributed by atoms with van der Waals surface area (Å²) in [7, 11) is 0. The number of nitrogens with zero attached hydrogens (tertiary/aromatic N) is 2. The molecule has 0 radical (unpaired) electrons. The first-order valence-electron chi connectivity index (χ1n) is 14.8. The third-order valence-electron chi connectivity index (χ3n) is 9.58. The van der Waals surface area contributed by atoms with Gasteiger partial charge >= 0.3 is 0 Å². The van der Waals surface area contributed by atoms with E-state index in [2.05, 4.69) is 149 Å². The molecule has 6 aromatic carbocycles. The highest BCUT2D eigenvalue weighted by atomic mass is 15.2. The minimum absolute atomic E-state index is 0.346. The quantitative estimate of drug-likeness (QED) is 0.190. The van der Waals surface area contributed by atoms with Crippen molar-refractivity contribution in [2.24, 2.45) is 0 Å². The average molecular weight is 535 g/mol. The number of para-hydroxylation sites is 1. The van der Waals surface area contributed by atoms with Gasteiger partial charge in [-0.3, -0.25) is 0 Å². The standard InChI is InChI=1S/C40H26N2/c1-2-10-29-25(9-1)17-18-26-21-28(19-20-30(26)29)41-36-15-7-6-14-34(36)35-24-38-27(23-40(35)41)22-39-33-13-4-3-11-31(33)32-12-5-8-16-37(32)42(38)39/h1-13,15-24,34H,14H2. The first-order valence-corrected chi connectivity index (χ1v) is 14.8. The molecule has 2 aliphatic rings. The van der Waals surface area contributed by atoms with E-state index in [9.17, 15) is 0 Å². The van der Waals surface area contributed by atoms with E-state index in [4.69, 9.17) is 0 Å². The van der Waals surface area contributed by atoms with Gasteiger partial charge in [0.1, 0.15) is 0 Å². The lowest BCUT2D eigenvalue weighted by Crippen LogP contribution is -2.14. The van der Waals surface area contributed by atoms with Crippen LogP contribution in [0.3, 0.4) is 0 Å². The Morgan fingerprint density at radius 3 is 2.17 bits per heavy atom. The van der Waals surface area contributed by atoms with Gasteiger partial charge in [-0.25, -0.2) is 0 Å². The molecule has 2 aromatic heterocycles. The molecular weight excluding hydrogens is 508 g/mol. The third-order valence-corrected chi connectivity index (χ3v) is 9.58. The van der Waals surface area contributed by atoms with E-state index in [0.717, 1.165) is 6.42 Å². The number of benzene rings is 6. The van der Waals surface area contributed by atoms with E-state index in [0.29, 0.717) is 5.92 Å². The summed E-state index contributed by atoms with van der Waals surface area (Å²) in [5.41, 5.74) is 9.11. The van der Waals surface area contributed by atoms with Gasteiger partial charge in [0.15, 0.2) is 0 Å². The number of hydrogen-bond acceptors (Lipinski definition) is 1. The lowest BCUT2D eigenvalue weighted by Gasteiger charge is -2.25. The molecule has 0 bridgehead atoms. The fourth-order valence-corrected chi connectivity index (χ4v) is 7.73. The SMILES string of the molecule is C1=CCC2C(=C1)N(c1ccc3c(ccc4ccccc43)c1)c1cc3cc4c5ccccc5c5ccccc5n4c3cc12. The van der Waals surface area contributed by atoms with Crippen LogP contribution in [0.5, 0.6) is 0 Å². The van der Waals surface area contributed by atoms with Gasteiger partial charge in [0.2, 0.25) is 0 Å². The second-order valence-electron chi connectivity index (χ2n) is 11.7. The predicted molar refractivity (Wildman–Crippen MR) is 178 cm³/mol. The number of pyridine rings is 1. The van der Waals surface area contributed by atoms with Gasteiger partial charge in [-0.05, 0) is 81.4 Å². The first kappa shape index (κ1) is 22.4. The molecule has 0 saturated heterocycles. The molecule has 3 heterocycles. The highest BCUT2D eigenvalue weighted by Crippen LogP contribution is 2.52. The van der Waals surface area contributed by atoms with Crippen LogP contribution in [0, 0.1) is 0 Å². The van der Waals surface area contributed by atoms with Crippen LogP contribution in [0.2, 0.25) is 0 Å². The second-order valence-corrected chi connectivity index (χ2v) is 11.7. The second kappa shape index (κ2) is 8.11. The summed E-state index contributed by atoms with van der Waals surface area (Å²) in [4.78, 5) is 2.51. The zero-order chi connectivity index (χ0) is 27.4. The third kappa shape index (κ3) is 2.89. The van der Waals surface area contributed by atoms with Crippen molar-refractivity contribution in [3.63, 3.8) is 0 Å². The molecule has 1 aliphatic carbocycles. The lowest BCUT2D eigenvalue weighted by molar-refractivity contribution is 0.820. The van der Waals surface area contributed by atoms with Gasteiger partial charge in [0, 0.05) is 33.5 Å².